The van der Waals surface area contributed by atoms with E-state index in [0.717, 1.165) is 15.9 Å². The SMILES string of the molecule is Clc1ccc(Nc2nc(-c3ccc(Br)cn3)ns2)cc1. The van der Waals surface area contributed by atoms with Crippen LogP contribution >= 0.6 is 39.1 Å². The Morgan fingerprint density at radius 1 is 1.10 bits per heavy atom. The Morgan fingerprint density at radius 2 is 1.90 bits per heavy atom. The average molecular weight is 368 g/mol. The van der Waals surface area contributed by atoms with Crippen LogP contribution in [0.1, 0.15) is 0 Å². The van der Waals surface area contributed by atoms with Crippen molar-refractivity contribution in [1.82, 2.24) is 14.3 Å². The smallest absolute Gasteiger partial charge is 0.207 e. The molecule has 3 rings (SSSR count). The molecule has 0 unspecified atom stereocenters. The third-order valence-electron chi connectivity index (χ3n) is 2.48. The van der Waals surface area contributed by atoms with Gasteiger partial charge in [-0.2, -0.15) is 9.36 Å². The number of anilines is 2. The highest BCUT2D eigenvalue weighted by Gasteiger charge is 2.07. The summed E-state index contributed by atoms with van der Waals surface area (Å²) >= 11 is 10.5. The van der Waals surface area contributed by atoms with Crippen LogP contribution in [0.4, 0.5) is 10.8 Å². The molecule has 0 aliphatic rings. The summed E-state index contributed by atoms with van der Waals surface area (Å²) < 4.78 is 5.22. The Bertz CT molecular complexity index is 712. The van der Waals surface area contributed by atoms with Crippen LogP contribution in [-0.2, 0) is 0 Å². The van der Waals surface area contributed by atoms with E-state index in [-0.39, 0.29) is 0 Å². The van der Waals surface area contributed by atoms with E-state index in [1.807, 2.05) is 36.4 Å². The van der Waals surface area contributed by atoms with Gasteiger partial charge in [-0.25, -0.2) is 0 Å². The van der Waals surface area contributed by atoms with E-state index < -0.39 is 0 Å². The van der Waals surface area contributed by atoms with Gasteiger partial charge in [-0.1, -0.05) is 11.6 Å². The van der Waals surface area contributed by atoms with Crippen LogP contribution in [0.25, 0.3) is 11.5 Å². The second kappa shape index (κ2) is 5.87. The number of nitrogens with zero attached hydrogens (tertiary/aromatic N) is 3. The molecular weight excluding hydrogens is 360 g/mol. The lowest BCUT2D eigenvalue weighted by Gasteiger charge is -2.00. The van der Waals surface area contributed by atoms with Crippen molar-refractivity contribution >= 4 is 49.9 Å². The second-order valence-electron chi connectivity index (χ2n) is 3.92. The highest BCUT2D eigenvalue weighted by atomic mass is 79.9. The molecule has 0 bridgehead atoms. The fraction of sp³-hybridized carbons (Fsp3) is 0. The first-order valence-corrected chi connectivity index (χ1v) is 7.63. The zero-order valence-corrected chi connectivity index (χ0v) is 13.2. The first-order chi connectivity index (χ1) is 9.70. The van der Waals surface area contributed by atoms with Crippen molar-refractivity contribution in [2.24, 2.45) is 0 Å². The van der Waals surface area contributed by atoms with Gasteiger partial charge in [-0.15, -0.1) is 0 Å². The minimum absolute atomic E-state index is 0.610. The zero-order valence-electron chi connectivity index (χ0n) is 10.0. The van der Waals surface area contributed by atoms with E-state index in [1.165, 1.54) is 11.5 Å². The van der Waals surface area contributed by atoms with Crippen molar-refractivity contribution in [3.63, 3.8) is 0 Å². The summed E-state index contributed by atoms with van der Waals surface area (Å²) in [5, 5.41) is 4.60. The Morgan fingerprint density at radius 3 is 2.60 bits per heavy atom. The van der Waals surface area contributed by atoms with Gasteiger partial charge in [0.15, 0.2) is 5.82 Å². The summed E-state index contributed by atoms with van der Waals surface area (Å²) in [4.78, 5) is 8.68. The number of hydrogen-bond donors (Lipinski definition) is 1. The maximum atomic E-state index is 5.85. The molecule has 0 saturated carbocycles. The quantitative estimate of drug-likeness (QED) is 0.725. The Kier molecular flexibility index (Phi) is 3.95. The number of hydrogen-bond acceptors (Lipinski definition) is 5. The van der Waals surface area contributed by atoms with E-state index in [4.69, 9.17) is 11.6 Å². The van der Waals surface area contributed by atoms with Crippen molar-refractivity contribution in [2.75, 3.05) is 5.32 Å². The predicted molar refractivity (Wildman–Crippen MR) is 85.6 cm³/mol. The van der Waals surface area contributed by atoms with Gasteiger partial charge in [0.05, 0.1) is 0 Å². The van der Waals surface area contributed by atoms with Crippen molar-refractivity contribution in [3.8, 4) is 11.5 Å². The van der Waals surface area contributed by atoms with Gasteiger partial charge in [0, 0.05) is 32.9 Å². The molecule has 2 heterocycles. The Labute approximate surface area is 133 Å². The molecular formula is C13H8BrClN4S. The summed E-state index contributed by atoms with van der Waals surface area (Å²) in [6.45, 7) is 0. The highest BCUT2D eigenvalue weighted by molar-refractivity contribution is 9.10. The van der Waals surface area contributed by atoms with Gasteiger partial charge in [0.25, 0.3) is 0 Å². The summed E-state index contributed by atoms with van der Waals surface area (Å²) in [6, 6.07) is 11.2. The molecule has 1 aromatic carbocycles. The Hall–Kier alpha value is -1.50. The van der Waals surface area contributed by atoms with Crippen LogP contribution in [0.5, 0.6) is 0 Å². The first-order valence-electron chi connectivity index (χ1n) is 5.69. The van der Waals surface area contributed by atoms with Crippen molar-refractivity contribution in [3.05, 3.63) is 52.1 Å². The van der Waals surface area contributed by atoms with Gasteiger partial charge >= 0.3 is 0 Å². The van der Waals surface area contributed by atoms with Gasteiger partial charge in [-0.05, 0) is 52.3 Å². The normalized spacial score (nSPS) is 10.5. The van der Waals surface area contributed by atoms with Gasteiger partial charge in [-0.3, -0.25) is 4.98 Å². The van der Waals surface area contributed by atoms with Crippen molar-refractivity contribution in [2.45, 2.75) is 0 Å². The highest BCUT2D eigenvalue weighted by Crippen LogP contribution is 2.24. The molecule has 4 nitrogen and oxygen atoms in total. The van der Waals surface area contributed by atoms with Crippen LogP contribution in [0.3, 0.4) is 0 Å². The molecule has 3 aromatic rings. The van der Waals surface area contributed by atoms with E-state index >= 15 is 0 Å². The lowest BCUT2D eigenvalue weighted by molar-refractivity contribution is 1.22. The van der Waals surface area contributed by atoms with E-state index in [0.29, 0.717) is 16.0 Å². The first kappa shape index (κ1) is 13.5. The van der Waals surface area contributed by atoms with Crippen molar-refractivity contribution < 1.29 is 0 Å². The standard InChI is InChI=1S/C13H8BrClN4S/c14-8-1-6-11(16-7-8)12-18-13(20-19-12)17-10-4-2-9(15)3-5-10/h1-7H,(H,17,18,19). The molecule has 0 spiro atoms. The Balaban J connectivity index is 1.80. The molecule has 0 saturated heterocycles. The fourth-order valence-corrected chi connectivity index (χ4v) is 2.50. The van der Waals surface area contributed by atoms with Crippen molar-refractivity contribution in [1.29, 1.82) is 0 Å². The van der Waals surface area contributed by atoms with Crippen LogP contribution in [0.2, 0.25) is 5.02 Å². The fourth-order valence-electron chi connectivity index (χ4n) is 1.54. The number of benzene rings is 1. The molecule has 0 radical (unpaired) electrons. The van der Waals surface area contributed by atoms with E-state index in [1.54, 1.807) is 6.20 Å². The molecule has 0 amide bonds. The number of aromatic nitrogens is 3. The topological polar surface area (TPSA) is 50.7 Å². The molecule has 7 heteroatoms. The van der Waals surface area contributed by atoms with Gasteiger partial charge < -0.3 is 5.32 Å². The number of halogens is 2. The summed E-state index contributed by atoms with van der Waals surface area (Å²) in [5.41, 5.74) is 1.66. The van der Waals surface area contributed by atoms with E-state index in [9.17, 15) is 0 Å². The molecule has 100 valence electrons. The number of nitrogens with one attached hydrogen (secondary N) is 1. The van der Waals surface area contributed by atoms with Gasteiger partial charge in [0.2, 0.25) is 5.13 Å². The zero-order chi connectivity index (χ0) is 13.9. The molecule has 1 N–H and O–H groups in total. The van der Waals surface area contributed by atoms with E-state index in [2.05, 4.69) is 35.6 Å². The largest absolute Gasteiger partial charge is 0.330 e. The van der Waals surface area contributed by atoms with Gasteiger partial charge in [0.1, 0.15) is 5.69 Å². The summed E-state index contributed by atoms with van der Waals surface area (Å²) in [5.74, 6) is 0.610. The lowest BCUT2D eigenvalue weighted by atomic mass is 10.3. The number of pyridine rings is 1. The second-order valence-corrected chi connectivity index (χ2v) is 6.02. The lowest BCUT2D eigenvalue weighted by Crippen LogP contribution is -1.90. The minimum Gasteiger partial charge on any atom is -0.330 e. The van der Waals surface area contributed by atoms with Crippen LogP contribution in [0.15, 0.2) is 47.1 Å². The molecule has 20 heavy (non-hydrogen) atoms. The summed E-state index contributed by atoms with van der Waals surface area (Å²) in [7, 11) is 0. The minimum atomic E-state index is 0.610. The predicted octanol–water partition coefficient (Wildman–Crippen LogP) is 4.76. The maximum Gasteiger partial charge on any atom is 0.207 e. The summed E-state index contributed by atoms with van der Waals surface area (Å²) in [6.07, 6.45) is 1.72. The van der Waals surface area contributed by atoms with Crippen LogP contribution in [-0.4, -0.2) is 14.3 Å². The van der Waals surface area contributed by atoms with Crippen LogP contribution < -0.4 is 5.32 Å². The molecule has 2 aromatic heterocycles. The molecule has 0 aliphatic carbocycles. The molecule has 0 atom stereocenters. The third kappa shape index (κ3) is 3.15. The van der Waals surface area contributed by atoms with Crippen LogP contribution in [0, 0.1) is 0 Å². The number of rotatable bonds is 3. The maximum absolute atomic E-state index is 5.85. The third-order valence-corrected chi connectivity index (χ3v) is 3.83. The average Bonchev–Trinajstić information content (AvgIpc) is 2.91. The monoisotopic (exact) mass is 366 g/mol. The molecule has 0 aliphatic heterocycles. The molecule has 0 fully saturated rings.